The van der Waals surface area contributed by atoms with E-state index in [1.807, 2.05) is 4.90 Å². The van der Waals surface area contributed by atoms with Gasteiger partial charge in [0.25, 0.3) is 0 Å². The molecule has 0 radical (unpaired) electrons. The van der Waals surface area contributed by atoms with Crippen molar-refractivity contribution < 1.29 is 4.79 Å². The molecule has 2 atom stereocenters. The van der Waals surface area contributed by atoms with Crippen LogP contribution in [0.3, 0.4) is 0 Å². The van der Waals surface area contributed by atoms with E-state index < -0.39 is 0 Å². The first-order valence-electron chi connectivity index (χ1n) is 6.26. The summed E-state index contributed by atoms with van der Waals surface area (Å²) in [7, 11) is 2.13. The van der Waals surface area contributed by atoms with E-state index in [-0.39, 0.29) is 0 Å². The maximum atomic E-state index is 11.9. The van der Waals surface area contributed by atoms with Crippen LogP contribution in [-0.2, 0) is 4.79 Å². The number of amides is 1. The lowest BCUT2D eigenvalue weighted by atomic mass is 10.1. The van der Waals surface area contributed by atoms with Gasteiger partial charge in [-0.3, -0.25) is 9.69 Å². The van der Waals surface area contributed by atoms with Crippen LogP contribution in [0.1, 0.15) is 33.1 Å². The zero-order valence-electron chi connectivity index (χ0n) is 10.8. The van der Waals surface area contributed by atoms with Gasteiger partial charge in [0.1, 0.15) is 0 Å². The Hall–Kier alpha value is -0.610. The average Bonchev–Trinajstić information content (AvgIpc) is 2.25. The molecule has 0 aromatic heterocycles. The average molecular weight is 227 g/mol. The molecule has 4 nitrogen and oxygen atoms in total. The standard InChI is InChI=1S/C12H25N3O/c1-10-8-15(9-11(2)14(10)3)12(16)6-4-5-7-13/h10-11H,4-9,13H2,1-3H3. The highest BCUT2D eigenvalue weighted by Gasteiger charge is 2.28. The van der Waals surface area contributed by atoms with Gasteiger partial charge < -0.3 is 10.6 Å². The lowest BCUT2D eigenvalue weighted by Gasteiger charge is -2.42. The Kier molecular flexibility index (Phi) is 5.22. The molecule has 0 aromatic carbocycles. The van der Waals surface area contributed by atoms with Crippen LogP contribution in [0.5, 0.6) is 0 Å². The first-order valence-corrected chi connectivity index (χ1v) is 6.26. The molecular weight excluding hydrogens is 202 g/mol. The summed E-state index contributed by atoms with van der Waals surface area (Å²) in [4.78, 5) is 16.3. The molecule has 0 bridgehead atoms. The second-order valence-corrected chi connectivity index (χ2v) is 4.91. The number of carbonyl (C=O) groups excluding carboxylic acids is 1. The van der Waals surface area contributed by atoms with Gasteiger partial charge in [0.05, 0.1) is 0 Å². The largest absolute Gasteiger partial charge is 0.340 e. The van der Waals surface area contributed by atoms with Crippen molar-refractivity contribution in [2.24, 2.45) is 5.73 Å². The van der Waals surface area contributed by atoms with Crippen molar-refractivity contribution in [3.05, 3.63) is 0 Å². The molecule has 0 aliphatic carbocycles. The van der Waals surface area contributed by atoms with Gasteiger partial charge in [-0.2, -0.15) is 0 Å². The predicted octanol–water partition coefficient (Wildman–Crippen LogP) is 0.666. The summed E-state index contributed by atoms with van der Waals surface area (Å²) >= 11 is 0. The van der Waals surface area contributed by atoms with Gasteiger partial charge in [-0.15, -0.1) is 0 Å². The first kappa shape index (κ1) is 13.5. The van der Waals surface area contributed by atoms with Crippen LogP contribution in [0.4, 0.5) is 0 Å². The van der Waals surface area contributed by atoms with Crippen molar-refractivity contribution in [3.63, 3.8) is 0 Å². The van der Waals surface area contributed by atoms with Gasteiger partial charge in [0, 0.05) is 31.6 Å². The Labute approximate surface area is 98.8 Å². The minimum Gasteiger partial charge on any atom is -0.340 e. The Morgan fingerprint density at radius 1 is 1.25 bits per heavy atom. The molecule has 1 fully saturated rings. The number of likely N-dealkylation sites (N-methyl/N-ethyl adjacent to an activating group) is 1. The third kappa shape index (κ3) is 3.46. The maximum absolute atomic E-state index is 11.9. The third-order valence-corrected chi connectivity index (χ3v) is 3.56. The second-order valence-electron chi connectivity index (χ2n) is 4.91. The number of hydrogen-bond acceptors (Lipinski definition) is 3. The van der Waals surface area contributed by atoms with Crippen LogP contribution in [0.2, 0.25) is 0 Å². The number of nitrogens with zero attached hydrogens (tertiary/aromatic N) is 2. The zero-order valence-corrected chi connectivity index (χ0v) is 10.8. The van der Waals surface area contributed by atoms with Gasteiger partial charge in [0.2, 0.25) is 5.91 Å². The highest BCUT2D eigenvalue weighted by Crippen LogP contribution is 2.14. The van der Waals surface area contributed by atoms with Gasteiger partial charge in [-0.25, -0.2) is 0 Å². The molecule has 0 saturated carbocycles. The molecule has 0 spiro atoms. The molecule has 2 N–H and O–H groups in total. The Bertz CT molecular complexity index is 220. The molecule has 0 aromatic rings. The first-order chi connectivity index (χ1) is 7.56. The number of piperazine rings is 1. The van der Waals surface area contributed by atoms with E-state index in [0.29, 0.717) is 31.0 Å². The van der Waals surface area contributed by atoms with Crippen molar-refractivity contribution >= 4 is 5.91 Å². The van der Waals surface area contributed by atoms with E-state index in [9.17, 15) is 4.79 Å². The van der Waals surface area contributed by atoms with E-state index in [1.165, 1.54) is 0 Å². The smallest absolute Gasteiger partial charge is 0.222 e. The quantitative estimate of drug-likeness (QED) is 0.718. The number of hydrogen-bond donors (Lipinski definition) is 1. The summed E-state index contributed by atoms with van der Waals surface area (Å²) in [5.74, 6) is 0.292. The number of nitrogens with two attached hydrogens (primary N) is 1. The molecule has 94 valence electrons. The minimum atomic E-state index is 0.292. The minimum absolute atomic E-state index is 0.292. The fraction of sp³-hybridized carbons (Fsp3) is 0.917. The molecular formula is C12H25N3O. The number of unbranched alkanes of at least 4 members (excludes halogenated alkanes) is 1. The molecule has 4 heteroatoms. The zero-order chi connectivity index (χ0) is 12.1. The molecule has 1 aliphatic rings. The van der Waals surface area contributed by atoms with Crippen LogP contribution in [-0.4, -0.2) is 54.5 Å². The highest BCUT2D eigenvalue weighted by atomic mass is 16.2. The summed E-state index contributed by atoms with van der Waals surface area (Å²) in [5, 5.41) is 0. The van der Waals surface area contributed by atoms with E-state index in [4.69, 9.17) is 5.73 Å². The lowest BCUT2D eigenvalue weighted by molar-refractivity contribution is -0.135. The summed E-state index contributed by atoms with van der Waals surface area (Å²) in [6.07, 6.45) is 2.52. The van der Waals surface area contributed by atoms with Crippen LogP contribution < -0.4 is 5.73 Å². The van der Waals surface area contributed by atoms with Crippen molar-refractivity contribution in [3.8, 4) is 0 Å². The molecule has 2 unspecified atom stereocenters. The molecule has 1 aliphatic heterocycles. The van der Waals surface area contributed by atoms with Gasteiger partial charge in [-0.05, 0) is 40.3 Å². The van der Waals surface area contributed by atoms with Crippen molar-refractivity contribution in [1.82, 2.24) is 9.80 Å². The normalized spacial score (nSPS) is 27.1. The predicted molar refractivity (Wildman–Crippen MR) is 66.2 cm³/mol. The van der Waals surface area contributed by atoms with E-state index in [2.05, 4.69) is 25.8 Å². The van der Waals surface area contributed by atoms with Gasteiger partial charge >= 0.3 is 0 Å². The SMILES string of the molecule is CC1CN(C(=O)CCCCN)CC(C)N1C. The topological polar surface area (TPSA) is 49.6 Å². The Morgan fingerprint density at radius 3 is 2.31 bits per heavy atom. The highest BCUT2D eigenvalue weighted by molar-refractivity contribution is 5.76. The van der Waals surface area contributed by atoms with Gasteiger partial charge in [-0.1, -0.05) is 0 Å². The monoisotopic (exact) mass is 227 g/mol. The lowest BCUT2D eigenvalue weighted by Crippen LogP contribution is -2.56. The van der Waals surface area contributed by atoms with Crippen LogP contribution >= 0.6 is 0 Å². The third-order valence-electron chi connectivity index (χ3n) is 3.56. The fourth-order valence-corrected chi connectivity index (χ4v) is 2.19. The summed E-state index contributed by atoms with van der Waals surface area (Å²) < 4.78 is 0. The summed E-state index contributed by atoms with van der Waals surface area (Å²) in [6, 6.07) is 0.921. The van der Waals surface area contributed by atoms with E-state index in [1.54, 1.807) is 0 Å². The second kappa shape index (κ2) is 6.21. The van der Waals surface area contributed by atoms with Crippen LogP contribution in [0, 0.1) is 0 Å². The summed E-state index contributed by atoms with van der Waals surface area (Å²) in [6.45, 7) is 6.76. The summed E-state index contributed by atoms with van der Waals surface area (Å²) in [5.41, 5.74) is 5.42. The molecule has 16 heavy (non-hydrogen) atoms. The Balaban J connectivity index is 2.39. The molecule has 1 rings (SSSR count). The fourth-order valence-electron chi connectivity index (χ4n) is 2.19. The molecule has 1 amide bonds. The van der Waals surface area contributed by atoms with Crippen molar-refractivity contribution in [2.75, 3.05) is 26.7 Å². The number of rotatable bonds is 4. The van der Waals surface area contributed by atoms with Crippen LogP contribution in [0.15, 0.2) is 0 Å². The molecule has 1 heterocycles. The Morgan fingerprint density at radius 2 is 1.81 bits per heavy atom. The van der Waals surface area contributed by atoms with Crippen LogP contribution in [0.25, 0.3) is 0 Å². The van der Waals surface area contributed by atoms with Gasteiger partial charge in [0.15, 0.2) is 0 Å². The van der Waals surface area contributed by atoms with E-state index in [0.717, 1.165) is 25.9 Å². The number of carbonyl (C=O) groups is 1. The maximum Gasteiger partial charge on any atom is 0.222 e. The van der Waals surface area contributed by atoms with Crippen molar-refractivity contribution in [1.29, 1.82) is 0 Å². The molecule has 1 saturated heterocycles. The van der Waals surface area contributed by atoms with E-state index >= 15 is 0 Å². The van der Waals surface area contributed by atoms with Crippen molar-refractivity contribution in [2.45, 2.75) is 45.2 Å².